The number of aliphatic hydroxyl groups excluding tert-OH is 1. The van der Waals surface area contributed by atoms with Crippen LogP contribution in [-0.2, 0) is 6.61 Å². The van der Waals surface area contributed by atoms with Gasteiger partial charge in [-0.2, -0.15) is 0 Å². The second kappa shape index (κ2) is 5.19. The van der Waals surface area contributed by atoms with Crippen molar-refractivity contribution in [2.24, 2.45) is 0 Å². The number of fused-ring (bicyclic) bond motifs is 1. The topological polar surface area (TPSA) is 36.4 Å². The van der Waals surface area contributed by atoms with Gasteiger partial charge in [-0.3, -0.25) is 0 Å². The van der Waals surface area contributed by atoms with Crippen molar-refractivity contribution < 1.29 is 5.11 Å². The molecule has 3 nitrogen and oxygen atoms in total. The number of aliphatic hydroxyl groups is 1. The van der Waals surface area contributed by atoms with Gasteiger partial charge >= 0.3 is 0 Å². The summed E-state index contributed by atoms with van der Waals surface area (Å²) in [5.41, 5.74) is 2.90. The van der Waals surface area contributed by atoms with Gasteiger partial charge in [0.25, 0.3) is 0 Å². The quantitative estimate of drug-likeness (QED) is 0.837. The van der Waals surface area contributed by atoms with Crippen LogP contribution in [0.5, 0.6) is 0 Å². The van der Waals surface area contributed by atoms with Gasteiger partial charge in [-0.1, -0.05) is 30.4 Å². The first kappa shape index (κ1) is 12.6. The summed E-state index contributed by atoms with van der Waals surface area (Å²) >= 11 is 0. The van der Waals surface area contributed by atoms with E-state index in [1.807, 2.05) is 49.2 Å². The van der Waals surface area contributed by atoms with Crippen LogP contribution in [0, 0.1) is 0 Å². The second-order valence-corrected chi connectivity index (χ2v) is 4.63. The van der Waals surface area contributed by atoms with Crippen LogP contribution in [0.2, 0.25) is 0 Å². The van der Waals surface area contributed by atoms with Gasteiger partial charge in [0.2, 0.25) is 0 Å². The summed E-state index contributed by atoms with van der Waals surface area (Å²) in [7, 11) is 1.98. The van der Waals surface area contributed by atoms with Gasteiger partial charge in [-0.05, 0) is 24.6 Å². The predicted octanol–water partition coefficient (Wildman–Crippen LogP) is 2.74. The first-order valence-electron chi connectivity index (χ1n) is 5.97. The van der Waals surface area contributed by atoms with E-state index < -0.39 is 0 Å². The summed E-state index contributed by atoms with van der Waals surface area (Å²) in [4.78, 5) is 6.65. The highest BCUT2D eigenvalue weighted by atomic mass is 16.3. The number of rotatable bonds is 4. The van der Waals surface area contributed by atoms with Crippen LogP contribution in [0.4, 0.5) is 5.82 Å². The average Bonchev–Trinajstić information content (AvgIpc) is 2.36. The van der Waals surface area contributed by atoms with Gasteiger partial charge in [0.15, 0.2) is 0 Å². The molecule has 2 aromatic rings. The summed E-state index contributed by atoms with van der Waals surface area (Å²) in [6.45, 7) is 6.68. The number of likely N-dealkylation sites (N-methyl/N-ethyl adjacent to an activating group) is 1. The molecule has 0 aliphatic rings. The van der Waals surface area contributed by atoms with Crippen molar-refractivity contribution in [3.8, 4) is 0 Å². The van der Waals surface area contributed by atoms with Crippen molar-refractivity contribution in [2.45, 2.75) is 13.5 Å². The van der Waals surface area contributed by atoms with E-state index in [-0.39, 0.29) is 6.61 Å². The lowest BCUT2D eigenvalue weighted by Crippen LogP contribution is -2.20. The molecule has 0 amide bonds. The van der Waals surface area contributed by atoms with Gasteiger partial charge in [0.1, 0.15) is 5.82 Å². The van der Waals surface area contributed by atoms with E-state index in [1.165, 1.54) is 0 Å². The van der Waals surface area contributed by atoms with E-state index in [0.29, 0.717) is 0 Å². The predicted molar refractivity (Wildman–Crippen MR) is 75.7 cm³/mol. The van der Waals surface area contributed by atoms with Crippen LogP contribution >= 0.6 is 0 Å². The van der Waals surface area contributed by atoms with Gasteiger partial charge in [-0.25, -0.2) is 4.98 Å². The zero-order valence-electron chi connectivity index (χ0n) is 10.8. The number of aromatic nitrogens is 1. The smallest absolute Gasteiger partial charge is 0.129 e. The lowest BCUT2D eigenvalue weighted by Gasteiger charge is -2.19. The molecule has 0 unspecified atom stereocenters. The SMILES string of the molecule is C=C(C)CN(C)c1cc(CO)c2ccccc2n1. The van der Waals surface area contributed by atoms with E-state index in [2.05, 4.69) is 11.6 Å². The average molecular weight is 242 g/mol. The zero-order chi connectivity index (χ0) is 13.1. The molecule has 1 aromatic heterocycles. The molecule has 1 aromatic carbocycles. The van der Waals surface area contributed by atoms with Crippen molar-refractivity contribution in [1.29, 1.82) is 0 Å². The fourth-order valence-corrected chi connectivity index (χ4v) is 2.04. The van der Waals surface area contributed by atoms with Crippen molar-refractivity contribution in [3.63, 3.8) is 0 Å². The number of anilines is 1. The highest BCUT2D eigenvalue weighted by molar-refractivity contribution is 5.84. The fourth-order valence-electron chi connectivity index (χ4n) is 2.04. The van der Waals surface area contributed by atoms with Crippen molar-refractivity contribution in [3.05, 3.63) is 48.0 Å². The number of para-hydroxylation sites is 1. The molecule has 0 radical (unpaired) electrons. The van der Waals surface area contributed by atoms with Crippen molar-refractivity contribution in [2.75, 3.05) is 18.5 Å². The molecular formula is C15H18N2O. The zero-order valence-corrected chi connectivity index (χ0v) is 10.8. The third-order valence-corrected chi connectivity index (χ3v) is 2.86. The Balaban J connectivity index is 2.49. The minimum absolute atomic E-state index is 0.0247. The fraction of sp³-hybridized carbons (Fsp3) is 0.267. The Morgan fingerprint density at radius 2 is 2.11 bits per heavy atom. The largest absolute Gasteiger partial charge is 0.392 e. The molecule has 0 bridgehead atoms. The van der Waals surface area contributed by atoms with Crippen LogP contribution in [0.1, 0.15) is 12.5 Å². The standard InChI is InChI=1S/C15H18N2O/c1-11(2)9-17(3)15-8-12(10-18)13-6-4-5-7-14(13)16-15/h4-8,18H,1,9-10H2,2-3H3. The van der Waals surface area contributed by atoms with Gasteiger partial charge in [-0.15, -0.1) is 0 Å². The minimum Gasteiger partial charge on any atom is -0.392 e. The van der Waals surface area contributed by atoms with Gasteiger partial charge in [0, 0.05) is 19.0 Å². The number of hydrogen-bond acceptors (Lipinski definition) is 3. The minimum atomic E-state index is 0.0247. The Hall–Kier alpha value is -1.87. The number of nitrogens with zero attached hydrogens (tertiary/aromatic N) is 2. The molecule has 94 valence electrons. The van der Waals surface area contributed by atoms with E-state index in [4.69, 9.17) is 0 Å². The van der Waals surface area contributed by atoms with Gasteiger partial charge < -0.3 is 10.0 Å². The molecule has 0 fully saturated rings. The van der Waals surface area contributed by atoms with Crippen molar-refractivity contribution >= 4 is 16.7 Å². The first-order chi connectivity index (χ1) is 8.61. The Labute approximate surface area is 107 Å². The molecule has 18 heavy (non-hydrogen) atoms. The molecule has 0 aliphatic heterocycles. The number of benzene rings is 1. The maximum Gasteiger partial charge on any atom is 0.129 e. The normalized spacial score (nSPS) is 10.6. The second-order valence-electron chi connectivity index (χ2n) is 4.63. The monoisotopic (exact) mass is 242 g/mol. The summed E-state index contributed by atoms with van der Waals surface area (Å²) in [5, 5.41) is 10.5. The lowest BCUT2D eigenvalue weighted by molar-refractivity contribution is 0.283. The molecule has 1 heterocycles. The molecule has 0 saturated heterocycles. The van der Waals surface area contributed by atoms with Crippen LogP contribution in [0.25, 0.3) is 10.9 Å². The molecule has 0 aliphatic carbocycles. The molecule has 1 N–H and O–H groups in total. The summed E-state index contributed by atoms with van der Waals surface area (Å²) in [6.07, 6.45) is 0. The molecular weight excluding hydrogens is 224 g/mol. The van der Waals surface area contributed by atoms with E-state index in [9.17, 15) is 5.11 Å². The van der Waals surface area contributed by atoms with E-state index in [1.54, 1.807) is 0 Å². The lowest BCUT2D eigenvalue weighted by atomic mass is 10.1. The summed E-state index contributed by atoms with van der Waals surface area (Å²) in [6, 6.07) is 9.80. The maximum atomic E-state index is 9.46. The Kier molecular flexibility index (Phi) is 3.63. The number of pyridine rings is 1. The summed E-state index contributed by atoms with van der Waals surface area (Å²) in [5.74, 6) is 0.862. The summed E-state index contributed by atoms with van der Waals surface area (Å²) < 4.78 is 0. The number of hydrogen-bond donors (Lipinski definition) is 1. The van der Waals surface area contributed by atoms with Crippen molar-refractivity contribution in [1.82, 2.24) is 4.98 Å². The first-order valence-corrected chi connectivity index (χ1v) is 5.97. The van der Waals surface area contributed by atoms with Crippen LogP contribution < -0.4 is 4.90 Å². The third kappa shape index (κ3) is 2.51. The molecule has 2 rings (SSSR count). The maximum absolute atomic E-state index is 9.46. The third-order valence-electron chi connectivity index (χ3n) is 2.86. The molecule has 0 atom stereocenters. The van der Waals surface area contributed by atoms with Crippen LogP contribution in [0.15, 0.2) is 42.5 Å². The highest BCUT2D eigenvalue weighted by Gasteiger charge is 2.08. The highest BCUT2D eigenvalue weighted by Crippen LogP contribution is 2.22. The molecule has 0 saturated carbocycles. The van der Waals surface area contributed by atoms with Crippen LogP contribution in [-0.4, -0.2) is 23.7 Å². The van der Waals surface area contributed by atoms with E-state index >= 15 is 0 Å². The Morgan fingerprint density at radius 3 is 2.78 bits per heavy atom. The van der Waals surface area contributed by atoms with E-state index in [0.717, 1.165) is 34.4 Å². The molecule has 3 heteroatoms. The van der Waals surface area contributed by atoms with Gasteiger partial charge in [0.05, 0.1) is 12.1 Å². The van der Waals surface area contributed by atoms with Crippen LogP contribution in [0.3, 0.4) is 0 Å². The Bertz CT molecular complexity index is 578. The Morgan fingerprint density at radius 1 is 1.39 bits per heavy atom. The molecule has 0 spiro atoms.